The van der Waals surface area contributed by atoms with Gasteiger partial charge in [0.1, 0.15) is 0 Å². The first-order valence-corrected chi connectivity index (χ1v) is 5.12. The van der Waals surface area contributed by atoms with E-state index in [1.807, 2.05) is 6.92 Å². The summed E-state index contributed by atoms with van der Waals surface area (Å²) in [4.78, 5) is 7.26. The van der Waals surface area contributed by atoms with E-state index in [9.17, 15) is 5.11 Å². The fourth-order valence-corrected chi connectivity index (χ4v) is 1.95. The zero-order valence-corrected chi connectivity index (χ0v) is 8.51. The lowest BCUT2D eigenvalue weighted by molar-refractivity contribution is 0.00996. The predicted octanol–water partition coefficient (Wildman–Crippen LogP) is 0.375. The lowest BCUT2D eigenvalue weighted by atomic mass is 9.87. The van der Waals surface area contributed by atoms with Gasteiger partial charge in [0.15, 0.2) is 0 Å². The molecule has 0 saturated carbocycles. The molecule has 1 aromatic rings. The lowest BCUT2D eigenvalue weighted by Gasteiger charge is -2.32. The zero-order chi connectivity index (χ0) is 10.0. The molecule has 1 fully saturated rings. The second-order valence-corrected chi connectivity index (χ2v) is 4.13. The Balaban J connectivity index is 2.05. The Kier molecular flexibility index (Phi) is 2.56. The molecule has 4 nitrogen and oxygen atoms in total. The Hall–Kier alpha value is -0.870. The maximum atomic E-state index is 10.3. The van der Waals surface area contributed by atoms with Crippen LogP contribution in [0.3, 0.4) is 0 Å². The van der Waals surface area contributed by atoms with Crippen LogP contribution in [-0.2, 0) is 6.42 Å². The van der Waals surface area contributed by atoms with E-state index in [0.29, 0.717) is 6.42 Å². The molecule has 0 atom stereocenters. The minimum absolute atomic E-state index is 0.550. The molecule has 0 aliphatic carbocycles. The number of nitrogens with one attached hydrogen (secondary N) is 2. The molecule has 0 unspecified atom stereocenters. The first-order chi connectivity index (χ1) is 6.70. The van der Waals surface area contributed by atoms with Crippen LogP contribution in [0.2, 0.25) is 0 Å². The van der Waals surface area contributed by atoms with E-state index in [1.54, 1.807) is 6.33 Å². The first kappa shape index (κ1) is 9.68. The number of aliphatic hydroxyl groups is 1. The third-order valence-corrected chi connectivity index (χ3v) is 2.97. The summed E-state index contributed by atoms with van der Waals surface area (Å²) in [6.45, 7) is 3.80. The Morgan fingerprint density at radius 2 is 2.21 bits per heavy atom. The van der Waals surface area contributed by atoms with Crippen LogP contribution in [0.1, 0.15) is 24.2 Å². The quantitative estimate of drug-likeness (QED) is 0.639. The highest BCUT2D eigenvalue weighted by molar-refractivity contribution is 5.12. The third-order valence-electron chi connectivity index (χ3n) is 2.97. The fourth-order valence-electron chi connectivity index (χ4n) is 1.95. The van der Waals surface area contributed by atoms with Crippen molar-refractivity contribution < 1.29 is 5.11 Å². The smallest absolute Gasteiger partial charge is 0.0925 e. The van der Waals surface area contributed by atoms with Gasteiger partial charge >= 0.3 is 0 Å². The van der Waals surface area contributed by atoms with Gasteiger partial charge in [-0.2, -0.15) is 0 Å². The van der Waals surface area contributed by atoms with Gasteiger partial charge in [-0.3, -0.25) is 0 Å². The number of aromatic amines is 1. The summed E-state index contributed by atoms with van der Waals surface area (Å²) in [6.07, 6.45) is 4.00. The van der Waals surface area contributed by atoms with Crippen molar-refractivity contribution in [3.63, 3.8) is 0 Å². The summed E-state index contributed by atoms with van der Waals surface area (Å²) in [6, 6.07) is 0. The summed E-state index contributed by atoms with van der Waals surface area (Å²) in [5, 5.41) is 13.5. The monoisotopic (exact) mass is 195 g/mol. The second-order valence-electron chi connectivity index (χ2n) is 4.13. The average molecular weight is 195 g/mol. The van der Waals surface area contributed by atoms with Crippen LogP contribution in [0.25, 0.3) is 0 Å². The number of aryl methyl sites for hydroxylation is 1. The van der Waals surface area contributed by atoms with Crippen LogP contribution >= 0.6 is 0 Å². The number of rotatable bonds is 2. The maximum Gasteiger partial charge on any atom is 0.0925 e. The number of imidazole rings is 1. The minimum atomic E-state index is -0.550. The SMILES string of the molecule is Cc1[nH]cnc1CC1(O)CCNCC1. The number of hydrogen-bond donors (Lipinski definition) is 3. The van der Waals surface area contributed by atoms with Gasteiger partial charge in [0.25, 0.3) is 0 Å². The first-order valence-electron chi connectivity index (χ1n) is 5.12. The van der Waals surface area contributed by atoms with Crippen molar-refractivity contribution in [3.8, 4) is 0 Å². The van der Waals surface area contributed by atoms with Crippen molar-refractivity contribution >= 4 is 0 Å². The van der Waals surface area contributed by atoms with E-state index in [1.165, 1.54) is 0 Å². The molecule has 1 saturated heterocycles. The molecule has 0 bridgehead atoms. The van der Waals surface area contributed by atoms with E-state index >= 15 is 0 Å². The molecule has 0 spiro atoms. The molecule has 1 aliphatic rings. The molecule has 0 radical (unpaired) electrons. The highest BCUT2D eigenvalue weighted by Gasteiger charge is 2.30. The zero-order valence-electron chi connectivity index (χ0n) is 8.51. The molecule has 2 heterocycles. The number of nitrogens with zero attached hydrogens (tertiary/aromatic N) is 1. The van der Waals surface area contributed by atoms with Crippen molar-refractivity contribution in [2.75, 3.05) is 13.1 Å². The van der Waals surface area contributed by atoms with Crippen LogP contribution in [0.5, 0.6) is 0 Å². The number of aromatic nitrogens is 2. The largest absolute Gasteiger partial charge is 0.389 e. The van der Waals surface area contributed by atoms with Crippen molar-refractivity contribution in [2.45, 2.75) is 31.8 Å². The standard InChI is InChI=1S/C10H17N3O/c1-8-9(13-7-12-8)6-10(14)2-4-11-5-3-10/h7,11,14H,2-6H2,1H3,(H,12,13). The molecule has 3 N–H and O–H groups in total. The van der Waals surface area contributed by atoms with Gasteiger partial charge in [0.2, 0.25) is 0 Å². The molecule has 78 valence electrons. The number of piperidine rings is 1. The van der Waals surface area contributed by atoms with E-state index in [-0.39, 0.29) is 0 Å². The van der Waals surface area contributed by atoms with Gasteiger partial charge < -0.3 is 15.4 Å². The van der Waals surface area contributed by atoms with E-state index in [2.05, 4.69) is 15.3 Å². The highest BCUT2D eigenvalue weighted by Crippen LogP contribution is 2.23. The van der Waals surface area contributed by atoms with Crippen LogP contribution in [-0.4, -0.2) is 33.8 Å². The van der Waals surface area contributed by atoms with Crippen molar-refractivity contribution in [1.82, 2.24) is 15.3 Å². The van der Waals surface area contributed by atoms with Gasteiger partial charge in [0.05, 0.1) is 17.6 Å². The summed E-state index contributed by atoms with van der Waals surface area (Å²) in [7, 11) is 0. The van der Waals surface area contributed by atoms with Crippen LogP contribution in [0.15, 0.2) is 6.33 Å². The van der Waals surface area contributed by atoms with E-state index in [0.717, 1.165) is 37.3 Å². The Morgan fingerprint density at radius 3 is 2.79 bits per heavy atom. The summed E-state index contributed by atoms with van der Waals surface area (Å²) < 4.78 is 0. The van der Waals surface area contributed by atoms with Crippen LogP contribution in [0.4, 0.5) is 0 Å². The number of H-pyrrole nitrogens is 1. The summed E-state index contributed by atoms with van der Waals surface area (Å²) >= 11 is 0. The highest BCUT2D eigenvalue weighted by atomic mass is 16.3. The van der Waals surface area contributed by atoms with Crippen LogP contribution < -0.4 is 5.32 Å². The average Bonchev–Trinajstić information content (AvgIpc) is 2.52. The maximum absolute atomic E-state index is 10.3. The molecule has 1 aliphatic heterocycles. The lowest BCUT2D eigenvalue weighted by Crippen LogP contribution is -2.43. The Bertz CT molecular complexity index is 302. The molecule has 14 heavy (non-hydrogen) atoms. The van der Waals surface area contributed by atoms with E-state index in [4.69, 9.17) is 0 Å². The third kappa shape index (κ3) is 1.96. The Labute approximate surface area is 83.8 Å². The van der Waals surface area contributed by atoms with Crippen molar-refractivity contribution in [3.05, 3.63) is 17.7 Å². The normalized spacial score (nSPS) is 21.0. The summed E-state index contributed by atoms with van der Waals surface area (Å²) in [5.74, 6) is 0. The summed E-state index contributed by atoms with van der Waals surface area (Å²) in [5.41, 5.74) is 1.51. The molecule has 1 aromatic heterocycles. The van der Waals surface area contributed by atoms with Gasteiger partial charge in [-0.05, 0) is 32.9 Å². The van der Waals surface area contributed by atoms with Gasteiger partial charge in [-0.25, -0.2) is 4.98 Å². The number of hydrogen-bond acceptors (Lipinski definition) is 3. The van der Waals surface area contributed by atoms with Gasteiger partial charge in [0, 0.05) is 12.1 Å². The fraction of sp³-hybridized carbons (Fsp3) is 0.700. The Morgan fingerprint density at radius 1 is 1.50 bits per heavy atom. The second kappa shape index (κ2) is 3.71. The molecule has 0 aromatic carbocycles. The predicted molar refractivity (Wildman–Crippen MR) is 54.1 cm³/mol. The van der Waals surface area contributed by atoms with Crippen molar-refractivity contribution in [2.24, 2.45) is 0 Å². The van der Waals surface area contributed by atoms with E-state index < -0.39 is 5.60 Å². The molecule has 4 heteroatoms. The van der Waals surface area contributed by atoms with Crippen molar-refractivity contribution in [1.29, 1.82) is 0 Å². The molecule has 2 rings (SSSR count). The minimum Gasteiger partial charge on any atom is -0.389 e. The van der Waals surface area contributed by atoms with Gasteiger partial charge in [-0.1, -0.05) is 0 Å². The topological polar surface area (TPSA) is 60.9 Å². The molecule has 0 amide bonds. The van der Waals surface area contributed by atoms with Crippen LogP contribution in [0, 0.1) is 6.92 Å². The molecular weight excluding hydrogens is 178 g/mol. The molecular formula is C10H17N3O. The van der Waals surface area contributed by atoms with Gasteiger partial charge in [-0.15, -0.1) is 0 Å².